The third-order valence-electron chi connectivity index (χ3n) is 5.42. The van der Waals surface area contributed by atoms with Crippen molar-refractivity contribution in [1.82, 2.24) is 19.6 Å². The molecular weight excluding hydrogens is 316 g/mol. The van der Waals surface area contributed by atoms with E-state index in [4.69, 9.17) is 0 Å². The molecule has 2 aliphatic rings. The van der Waals surface area contributed by atoms with Gasteiger partial charge in [0.25, 0.3) is 0 Å². The molecule has 0 aromatic carbocycles. The van der Waals surface area contributed by atoms with Crippen molar-refractivity contribution in [3.8, 4) is 0 Å². The van der Waals surface area contributed by atoms with E-state index in [1.54, 1.807) is 0 Å². The number of aromatic nitrogens is 2. The molecule has 0 spiro atoms. The smallest absolute Gasteiger partial charge is 0.227 e. The first-order valence-corrected chi connectivity index (χ1v) is 9.32. The Bertz CT molecular complexity index is 638. The van der Waals surface area contributed by atoms with Crippen LogP contribution in [0.5, 0.6) is 0 Å². The summed E-state index contributed by atoms with van der Waals surface area (Å²) < 4.78 is 2.01. The molecule has 2 fully saturated rings. The summed E-state index contributed by atoms with van der Waals surface area (Å²) in [6.07, 6.45) is 6.34. The number of carbonyl (C=O) groups is 2. The van der Waals surface area contributed by atoms with E-state index in [2.05, 4.69) is 18.2 Å². The molecule has 2 amide bonds. The van der Waals surface area contributed by atoms with Crippen LogP contribution in [0.25, 0.3) is 0 Å². The van der Waals surface area contributed by atoms with Crippen LogP contribution < -0.4 is 0 Å². The zero-order chi connectivity index (χ0) is 18.2. The van der Waals surface area contributed by atoms with Gasteiger partial charge < -0.3 is 9.80 Å². The van der Waals surface area contributed by atoms with Crippen LogP contribution in [-0.2, 0) is 16.1 Å². The van der Waals surface area contributed by atoms with Gasteiger partial charge in [-0.1, -0.05) is 0 Å². The Hall–Kier alpha value is -1.85. The van der Waals surface area contributed by atoms with E-state index in [1.807, 2.05) is 41.4 Å². The van der Waals surface area contributed by atoms with Crippen LogP contribution in [0.4, 0.5) is 0 Å². The number of piperidine rings is 1. The van der Waals surface area contributed by atoms with Crippen molar-refractivity contribution in [2.24, 2.45) is 11.8 Å². The Balaban J connectivity index is 1.51. The summed E-state index contributed by atoms with van der Waals surface area (Å²) in [7, 11) is 0. The first kappa shape index (κ1) is 18.0. The Morgan fingerprint density at radius 2 is 1.96 bits per heavy atom. The van der Waals surface area contributed by atoms with Crippen LogP contribution in [0, 0.1) is 18.8 Å². The molecule has 0 aliphatic carbocycles. The maximum absolute atomic E-state index is 12.8. The van der Waals surface area contributed by atoms with Gasteiger partial charge in [0.05, 0.1) is 12.1 Å². The molecule has 6 nitrogen and oxygen atoms in total. The topological polar surface area (TPSA) is 58.4 Å². The molecule has 0 N–H and O–H groups in total. The van der Waals surface area contributed by atoms with Crippen LogP contribution >= 0.6 is 0 Å². The molecular formula is C19H30N4O2. The number of likely N-dealkylation sites (tertiary alicyclic amines) is 2. The molecule has 138 valence electrons. The second-order valence-corrected chi connectivity index (χ2v) is 8.58. The van der Waals surface area contributed by atoms with Crippen LogP contribution in [0.1, 0.15) is 45.6 Å². The van der Waals surface area contributed by atoms with Gasteiger partial charge in [-0.2, -0.15) is 5.10 Å². The Morgan fingerprint density at radius 1 is 1.28 bits per heavy atom. The highest BCUT2D eigenvalue weighted by molar-refractivity contribution is 5.89. The lowest BCUT2D eigenvalue weighted by Gasteiger charge is -2.34. The van der Waals surface area contributed by atoms with E-state index in [1.165, 1.54) is 5.56 Å². The largest absolute Gasteiger partial charge is 0.342 e. The van der Waals surface area contributed by atoms with Gasteiger partial charge in [-0.25, -0.2) is 0 Å². The van der Waals surface area contributed by atoms with Crippen molar-refractivity contribution in [2.75, 3.05) is 19.6 Å². The second kappa shape index (κ2) is 6.81. The molecule has 2 saturated heterocycles. The lowest BCUT2D eigenvalue weighted by Crippen LogP contribution is -2.45. The number of hydrogen-bond acceptors (Lipinski definition) is 3. The van der Waals surface area contributed by atoms with Crippen LogP contribution in [0.2, 0.25) is 0 Å². The third kappa shape index (κ3) is 4.05. The predicted octanol–water partition coefficient (Wildman–Crippen LogP) is 2.08. The van der Waals surface area contributed by atoms with Crippen LogP contribution in [0.3, 0.4) is 0 Å². The molecule has 0 saturated carbocycles. The molecule has 1 atom stereocenters. The Labute approximate surface area is 150 Å². The minimum Gasteiger partial charge on any atom is -0.342 e. The third-order valence-corrected chi connectivity index (χ3v) is 5.42. The Kier molecular flexibility index (Phi) is 4.89. The zero-order valence-electron chi connectivity index (χ0n) is 15.9. The molecule has 3 heterocycles. The van der Waals surface area contributed by atoms with Crippen molar-refractivity contribution >= 4 is 11.8 Å². The van der Waals surface area contributed by atoms with Crippen molar-refractivity contribution in [3.05, 3.63) is 18.0 Å². The molecule has 25 heavy (non-hydrogen) atoms. The molecule has 1 aromatic rings. The minimum absolute atomic E-state index is 0.106. The van der Waals surface area contributed by atoms with Gasteiger partial charge in [0, 0.05) is 44.3 Å². The molecule has 0 bridgehead atoms. The SMILES string of the molecule is Cc1cnn(CC2CCN(C(=O)[C@H]3CC(=O)N(C(C)(C)C)C3)CC2)c1. The molecule has 6 heteroatoms. The zero-order valence-corrected chi connectivity index (χ0v) is 15.9. The molecule has 1 aromatic heterocycles. The summed E-state index contributed by atoms with van der Waals surface area (Å²) in [5.41, 5.74) is 0.975. The first-order chi connectivity index (χ1) is 11.7. The Morgan fingerprint density at radius 3 is 2.48 bits per heavy atom. The molecule has 2 aliphatic heterocycles. The van der Waals surface area contributed by atoms with Crippen molar-refractivity contribution in [2.45, 2.75) is 59.0 Å². The lowest BCUT2D eigenvalue weighted by atomic mass is 9.95. The summed E-state index contributed by atoms with van der Waals surface area (Å²) in [6, 6.07) is 0. The quantitative estimate of drug-likeness (QED) is 0.842. The monoisotopic (exact) mass is 346 g/mol. The van der Waals surface area contributed by atoms with E-state index in [-0.39, 0.29) is 23.3 Å². The number of aryl methyl sites for hydroxylation is 1. The highest BCUT2D eigenvalue weighted by Gasteiger charge is 2.41. The fourth-order valence-corrected chi connectivity index (χ4v) is 3.95. The van der Waals surface area contributed by atoms with Gasteiger partial charge >= 0.3 is 0 Å². The molecule has 3 rings (SSSR count). The highest BCUT2D eigenvalue weighted by atomic mass is 16.2. The number of hydrogen-bond donors (Lipinski definition) is 0. The average Bonchev–Trinajstić information content (AvgIpc) is 3.13. The summed E-state index contributed by atoms with van der Waals surface area (Å²) in [6.45, 7) is 11.2. The van der Waals surface area contributed by atoms with E-state index in [9.17, 15) is 9.59 Å². The minimum atomic E-state index is -0.207. The van der Waals surface area contributed by atoms with Gasteiger partial charge in [-0.15, -0.1) is 0 Å². The van der Waals surface area contributed by atoms with Gasteiger partial charge in [-0.05, 0) is 52.0 Å². The molecule has 0 radical (unpaired) electrons. The number of carbonyl (C=O) groups excluding carboxylic acids is 2. The maximum Gasteiger partial charge on any atom is 0.227 e. The number of nitrogens with zero attached hydrogens (tertiary/aromatic N) is 4. The summed E-state index contributed by atoms with van der Waals surface area (Å²) in [5, 5.41) is 4.36. The summed E-state index contributed by atoms with van der Waals surface area (Å²) in [4.78, 5) is 28.9. The lowest BCUT2D eigenvalue weighted by molar-refractivity contribution is -0.137. The van der Waals surface area contributed by atoms with Crippen LogP contribution in [0.15, 0.2) is 12.4 Å². The number of rotatable bonds is 3. The van der Waals surface area contributed by atoms with Crippen molar-refractivity contribution < 1.29 is 9.59 Å². The van der Waals surface area contributed by atoms with E-state index < -0.39 is 0 Å². The highest BCUT2D eigenvalue weighted by Crippen LogP contribution is 2.28. The summed E-state index contributed by atoms with van der Waals surface area (Å²) >= 11 is 0. The standard InChI is InChI=1S/C19H30N4O2/c1-14-10-20-22(11-14)12-15-5-7-21(8-6-15)18(25)16-9-17(24)23(13-16)19(2,3)4/h10-11,15-16H,5-9,12-13H2,1-4H3/t16-/m0/s1. The van der Waals surface area contributed by atoms with Gasteiger partial charge in [-0.3, -0.25) is 14.3 Å². The van der Waals surface area contributed by atoms with Gasteiger partial charge in [0.15, 0.2) is 0 Å². The maximum atomic E-state index is 12.8. The van der Waals surface area contributed by atoms with Crippen LogP contribution in [-0.4, -0.2) is 56.6 Å². The summed E-state index contributed by atoms with van der Waals surface area (Å²) in [5.74, 6) is 0.667. The van der Waals surface area contributed by atoms with E-state index >= 15 is 0 Å². The van der Waals surface area contributed by atoms with E-state index in [0.717, 1.165) is 32.5 Å². The average molecular weight is 346 g/mol. The van der Waals surface area contributed by atoms with Gasteiger partial charge in [0.2, 0.25) is 11.8 Å². The second-order valence-electron chi connectivity index (χ2n) is 8.58. The first-order valence-electron chi connectivity index (χ1n) is 9.32. The van der Waals surface area contributed by atoms with Gasteiger partial charge in [0.1, 0.15) is 0 Å². The van der Waals surface area contributed by atoms with Crippen molar-refractivity contribution in [3.63, 3.8) is 0 Å². The van der Waals surface area contributed by atoms with E-state index in [0.29, 0.717) is 18.9 Å². The fourth-order valence-electron chi connectivity index (χ4n) is 3.95. The fraction of sp³-hybridized carbons (Fsp3) is 0.737. The van der Waals surface area contributed by atoms with Crippen molar-refractivity contribution in [1.29, 1.82) is 0 Å². The predicted molar refractivity (Wildman–Crippen MR) is 95.8 cm³/mol. The number of amides is 2. The molecule has 0 unspecified atom stereocenters. The normalized spacial score (nSPS) is 22.7.